The molecule has 2 aromatic rings. The summed E-state index contributed by atoms with van der Waals surface area (Å²) in [7, 11) is 1.53. The van der Waals surface area contributed by atoms with E-state index in [2.05, 4.69) is 26.7 Å². The predicted molar refractivity (Wildman–Crippen MR) is 100 cm³/mol. The fourth-order valence-electron chi connectivity index (χ4n) is 2.14. The van der Waals surface area contributed by atoms with E-state index in [4.69, 9.17) is 9.94 Å². The molecular formula is C17H20BrN3O5. The Hall–Kier alpha value is -2.20. The maximum absolute atomic E-state index is 12.4. The van der Waals surface area contributed by atoms with Gasteiger partial charge in [0.15, 0.2) is 0 Å². The smallest absolute Gasteiger partial charge is 0.278 e. The van der Waals surface area contributed by atoms with Crippen LogP contribution in [0.5, 0.6) is 0 Å². The Balaban J connectivity index is 2.26. The summed E-state index contributed by atoms with van der Waals surface area (Å²) in [6.07, 6.45) is 0.290. The molecule has 2 rings (SSSR count). The molecule has 1 heterocycles. The number of hydroxylamine groups is 1. The molecular weight excluding hydrogens is 406 g/mol. The van der Waals surface area contributed by atoms with Crippen molar-refractivity contribution in [2.45, 2.75) is 13.0 Å². The third kappa shape index (κ3) is 5.15. The molecule has 9 heteroatoms. The van der Waals surface area contributed by atoms with E-state index in [0.29, 0.717) is 5.69 Å². The Morgan fingerprint density at radius 3 is 2.73 bits per heavy atom. The average molecular weight is 426 g/mol. The number of benzene rings is 1. The Kier molecular flexibility index (Phi) is 6.92. The molecule has 0 unspecified atom stereocenters. The summed E-state index contributed by atoms with van der Waals surface area (Å²) in [5.74, 6) is -0.594. The molecule has 26 heavy (non-hydrogen) atoms. The number of carbonyl (C=O) groups excluding carboxylic acids is 1. The van der Waals surface area contributed by atoms with Crippen LogP contribution in [0.1, 0.15) is 15.9 Å². The van der Waals surface area contributed by atoms with Crippen LogP contribution in [0.15, 0.2) is 39.7 Å². The molecule has 0 aliphatic rings. The van der Waals surface area contributed by atoms with Crippen molar-refractivity contribution >= 4 is 33.2 Å². The summed E-state index contributed by atoms with van der Waals surface area (Å²) in [5, 5.41) is 21.1. The zero-order chi connectivity index (χ0) is 19.3. The van der Waals surface area contributed by atoms with Gasteiger partial charge >= 0.3 is 0 Å². The predicted octanol–water partition coefficient (Wildman–Crippen LogP) is 1.21. The highest BCUT2D eigenvalue weighted by molar-refractivity contribution is 9.10. The van der Waals surface area contributed by atoms with Gasteiger partial charge in [0.2, 0.25) is 0 Å². The molecule has 1 atom stereocenters. The van der Waals surface area contributed by atoms with E-state index in [1.807, 2.05) is 25.1 Å². The minimum Gasteiger partial charge on any atom is -0.394 e. The molecule has 0 bridgehead atoms. The lowest BCUT2D eigenvalue weighted by atomic mass is 10.1. The highest BCUT2D eigenvalue weighted by atomic mass is 79.9. The number of hydrogen-bond acceptors (Lipinski definition) is 6. The van der Waals surface area contributed by atoms with Gasteiger partial charge in [-0.2, -0.15) is 0 Å². The maximum atomic E-state index is 12.4. The molecule has 0 aliphatic carbocycles. The van der Waals surface area contributed by atoms with Crippen LogP contribution >= 0.6 is 15.9 Å². The van der Waals surface area contributed by atoms with E-state index in [0.717, 1.165) is 15.7 Å². The van der Waals surface area contributed by atoms with Crippen molar-refractivity contribution in [2.24, 2.45) is 7.05 Å². The highest BCUT2D eigenvalue weighted by Gasteiger charge is 2.15. The minimum absolute atomic E-state index is 0.188. The third-order valence-electron chi connectivity index (χ3n) is 3.58. The summed E-state index contributed by atoms with van der Waals surface area (Å²) in [4.78, 5) is 29.2. The zero-order valence-electron chi connectivity index (χ0n) is 14.3. The third-order valence-corrected chi connectivity index (χ3v) is 4.08. The van der Waals surface area contributed by atoms with E-state index in [9.17, 15) is 14.7 Å². The summed E-state index contributed by atoms with van der Waals surface area (Å²) < 4.78 is 2.19. The van der Waals surface area contributed by atoms with Crippen molar-refractivity contribution < 1.29 is 19.8 Å². The lowest BCUT2D eigenvalue weighted by molar-refractivity contribution is -0.0295. The first-order chi connectivity index (χ1) is 12.3. The van der Waals surface area contributed by atoms with E-state index in [1.165, 1.54) is 23.9 Å². The molecule has 0 fully saturated rings. The lowest BCUT2D eigenvalue weighted by Gasteiger charge is -2.15. The number of aliphatic hydroxyl groups is 2. The van der Waals surface area contributed by atoms with Crippen LogP contribution in [0.25, 0.3) is 0 Å². The summed E-state index contributed by atoms with van der Waals surface area (Å²) >= 11 is 3.39. The van der Waals surface area contributed by atoms with E-state index in [-0.39, 0.29) is 17.7 Å². The van der Waals surface area contributed by atoms with Gasteiger partial charge in [-0.1, -0.05) is 15.9 Å². The molecule has 0 aliphatic heterocycles. The second-order valence-corrected chi connectivity index (χ2v) is 6.63. The SMILES string of the molecule is Cc1cc(Br)ccc1Nc1cc(=O)n(C)cc1C(=O)NOC[C@H](O)CO. The Morgan fingerprint density at radius 1 is 1.35 bits per heavy atom. The first kappa shape index (κ1) is 20.1. The fraction of sp³-hybridized carbons (Fsp3) is 0.294. The van der Waals surface area contributed by atoms with E-state index >= 15 is 0 Å². The van der Waals surface area contributed by atoms with Gasteiger partial charge in [0.25, 0.3) is 11.5 Å². The number of hydrogen-bond donors (Lipinski definition) is 4. The van der Waals surface area contributed by atoms with Crippen LogP contribution < -0.4 is 16.4 Å². The average Bonchev–Trinajstić information content (AvgIpc) is 2.59. The number of pyridine rings is 1. The number of carbonyl (C=O) groups is 1. The van der Waals surface area contributed by atoms with Gasteiger partial charge in [-0.25, -0.2) is 5.48 Å². The quantitative estimate of drug-likeness (QED) is 0.496. The van der Waals surface area contributed by atoms with Crippen molar-refractivity contribution in [3.05, 3.63) is 56.4 Å². The van der Waals surface area contributed by atoms with Crippen LogP contribution in [0, 0.1) is 6.92 Å². The van der Waals surface area contributed by atoms with Gasteiger partial charge in [0, 0.05) is 29.5 Å². The van der Waals surface area contributed by atoms with Crippen LogP contribution in [-0.2, 0) is 11.9 Å². The van der Waals surface area contributed by atoms with Crippen molar-refractivity contribution in [3.63, 3.8) is 0 Å². The molecule has 0 spiro atoms. The topological polar surface area (TPSA) is 113 Å². The summed E-state index contributed by atoms with van der Waals surface area (Å²) in [6, 6.07) is 6.89. The molecule has 1 aromatic heterocycles. The Morgan fingerprint density at radius 2 is 2.08 bits per heavy atom. The van der Waals surface area contributed by atoms with Gasteiger partial charge in [-0.15, -0.1) is 0 Å². The second-order valence-electron chi connectivity index (χ2n) is 5.71. The number of nitrogens with zero attached hydrogens (tertiary/aromatic N) is 1. The standard InChI is InChI=1S/C17H20BrN3O5/c1-10-5-11(18)3-4-14(10)19-15-6-16(24)21(2)7-13(15)17(25)20-26-9-12(23)8-22/h3-7,12,19,22-23H,8-9H2,1-2H3,(H,20,25)/t12-/m1/s1. The number of amides is 1. The summed E-state index contributed by atoms with van der Waals surface area (Å²) in [6.45, 7) is 1.15. The van der Waals surface area contributed by atoms with Crippen molar-refractivity contribution in [2.75, 3.05) is 18.5 Å². The van der Waals surface area contributed by atoms with E-state index < -0.39 is 18.6 Å². The first-order valence-electron chi connectivity index (χ1n) is 7.76. The lowest BCUT2D eigenvalue weighted by Crippen LogP contribution is -2.31. The summed E-state index contributed by atoms with van der Waals surface area (Å²) in [5.41, 5.74) is 4.08. The van der Waals surface area contributed by atoms with Gasteiger partial charge in [-0.3, -0.25) is 14.4 Å². The highest BCUT2D eigenvalue weighted by Crippen LogP contribution is 2.25. The van der Waals surface area contributed by atoms with Crippen LogP contribution in [0.3, 0.4) is 0 Å². The number of rotatable bonds is 7. The molecule has 8 nitrogen and oxygen atoms in total. The Labute approximate surface area is 158 Å². The van der Waals surface area contributed by atoms with Crippen LogP contribution in [-0.4, -0.2) is 40.0 Å². The molecule has 140 valence electrons. The van der Waals surface area contributed by atoms with Crippen molar-refractivity contribution in [3.8, 4) is 0 Å². The molecule has 4 N–H and O–H groups in total. The first-order valence-corrected chi connectivity index (χ1v) is 8.56. The number of nitrogens with one attached hydrogen (secondary N) is 2. The van der Waals surface area contributed by atoms with Gasteiger partial charge in [0.1, 0.15) is 12.7 Å². The van der Waals surface area contributed by atoms with Gasteiger partial charge < -0.3 is 20.1 Å². The van der Waals surface area contributed by atoms with E-state index in [1.54, 1.807) is 0 Å². The van der Waals surface area contributed by atoms with Crippen LogP contribution in [0.2, 0.25) is 0 Å². The molecule has 0 radical (unpaired) electrons. The molecule has 1 aromatic carbocycles. The van der Waals surface area contributed by atoms with Gasteiger partial charge in [-0.05, 0) is 30.7 Å². The van der Waals surface area contributed by atoms with Gasteiger partial charge in [0.05, 0.1) is 17.9 Å². The second kappa shape index (κ2) is 8.95. The molecule has 0 saturated heterocycles. The number of aryl methyl sites for hydroxylation is 2. The number of halogens is 1. The zero-order valence-corrected chi connectivity index (χ0v) is 15.9. The Bertz CT molecular complexity index is 853. The fourth-order valence-corrected chi connectivity index (χ4v) is 2.61. The number of aromatic nitrogens is 1. The van der Waals surface area contributed by atoms with Crippen molar-refractivity contribution in [1.29, 1.82) is 0 Å². The van der Waals surface area contributed by atoms with Crippen LogP contribution in [0.4, 0.5) is 11.4 Å². The minimum atomic E-state index is -1.10. The monoisotopic (exact) mass is 425 g/mol. The molecule has 0 saturated carbocycles. The number of anilines is 2. The number of aliphatic hydroxyl groups excluding tert-OH is 2. The maximum Gasteiger partial charge on any atom is 0.278 e. The largest absolute Gasteiger partial charge is 0.394 e. The normalized spacial score (nSPS) is 11.9. The molecule has 1 amide bonds. The van der Waals surface area contributed by atoms with Crippen molar-refractivity contribution in [1.82, 2.24) is 10.0 Å².